The highest BCUT2D eigenvalue weighted by molar-refractivity contribution is 5.85. The molecule has 0 unspecified atom stereocenters. The third-order valence-electron chi connectivity index (χ3n) is 5.79. The zero-order valence-electron chi connectivity index (χ0n) is 14.3. The maximum absolute atomic E-state index is 13.2. The van der Waals surface area contributed by atoms with Gasteiger partial charge in [-0.05, 0) is 37.3 Å². The molecule has 2 aliphatic rings. The first-order chi connectivity index (χ1) is 11.6. The lowest BCUT2D eigenvalue weighted by molar-refractivity contribution is -0.139. The molecule has 24 heavy (non-hydrogen) atoms. The Morgan fingerprint density at radius 3 is 2.62 bits per heavy atom. The fourth-order valence-electron chi connectivity index (χ4n) is 4.12. The van der Waals surface area contributed by atoms with Crippen LogP contribution in [0.1, 0.15) is 38.2 Å². The largest absolute Gasteiger partial charge is 0.341 e. The van der Waals surface area contributed by atoms with Crippen molar-refractivity contribution in [3.8, 4) is 0 Å². The van der Waals surface area contributed by atoms with Crippen LogP contribution >= 0.6 is 0 Å². The van der Waals surface area contributed by atoms with E-state index in [1.54, 1.807) is 6.20 Å². The fraction of sp³-hybridized carbons (Fsp3) is 0.500. The maximum atomic E-state index is 13.2. The van der Waals surface area contributed by atoms with Gasteiger partial charge in [-0.3, -0.25) is 9.48 Å². The second kappa shape index (κ2) is 5.76. The van der Waals surface area contributed by atoms with Crippen molar-refractivity contribution in [3.63, 3.8) is 0 Å². The number of hydrogen-bond acceptors (Lipinski definition) is 2. The zero-order chi connectivity index (χ0) is 16.6. The summed E-state index contributed by atoms with van der Waals surface area (Å²) in [7, 11) is 0. The topological polar surface area (TPSA) is 38.1 Å². The van der Waals surface area contributed by atoms with Crippen LogP contribution in [0.15, 0.2) is 48.8 Å². The summed E-state index contributed by atoms with van der Waals surface area (Å²) in [6, 6.07) is 12.6. The molecule has 1 saturated heterocycles. The highest BCUT2D eigenvalue weighted by atomic mass is 16.2. The number of likely N-dealkylation sites (tertiary alicyclic amines) is 1. The first kappa shape index (κ1) is 15.4. The summed E-state index contributed by atoms with van der Waals surface area (Å²) in [6.45, 7) is 4.74. The molecule has 4 heteroatoms. The lowest BCUT2D eigenvalue weighted by atomic mass is 9.75. The number of rotatable bonds is 4. The zero-order valence-corrected chi connectivity index (χ0v) is 14.3. The SMILES string of the molecule is C[C@@]1(c2ccccc2)CCCN(C(=O)C2(Cn3cccn3)CC2)C1. The Morgan fingerprint density at radius 2 is 1.96 bits per heavy atom. The first-order valence-corrected chi connectivity index (χ1v) is 8.94. The van der Waals surface area contributed by atoms with E-state index in [0.717, 1.165) is 45.3 Å². The number of piperidine rings is 1. The monoisotopic (exact) mass is 323 g/mol. The molecule has 1 atom stereocenters. The minimum absolute atomic E-state index is 0.0664. The van der Waals surface area contributed by atoms with Gasteiger partial charge in [-0.15, -0.1) is 0 Å². The molecule has 0 radical (unpaired) electrons. The number of nitrogens with zero attached hydrogens (tertiary/aromatic N) is 3. The molecule has 1 aliphatic heterocycles. The highest BCUT2D eigenvalue weighted by Gasteiger charge is 2.53. The lowest BCUT2D eigenvalue weighted by Gasteiger charge is -2.42. The van der Waals surface area contributed by atoms with E-state index in [9.17, 15) is 4.79 Å². The van der Waals surface area contributed by atoms with E-state index in [-0.39, 0.29) is 10.8 Å². The summed E-state index contributed by atoms with van der Waals surface area (Å²) >= 11 is 0. The van der Waals surface area contributed by atoms with Gasteiger partial charge in [-0.25, -0.2) is 0 Å². The van der Waals surface area contributed by atoms with Crippen LogP contribution in [0.25, 0.3) is 0 Å². The number of hydrogen-bond donors (Lipinski definition) is 0. The number of benzene rings is 1. The summed E-state index contributed by atoms with van der Waals surface area (Å²) in [5.74, 6) is 0.333. The van der Waals surface area contributed by atoms with Crippen LogP contribution in [-0.2, 0) is 16.8 Å². The number of carbonyl (C=O) groups excluding carboxylic acids is 1. The summed E-state index contributed by atoms with van der Waals surface area (Å²) in [5.41, 5.74) is 1.21. The Bertz CT molecular complexity index is 706. The molecule has 1 aliphatic carbocycles. The van der Waals surface area contributed by atoms with E-state index in [4.69, 9.17) is 0 Å². The van der Waals surface area contributed by atoms with Crippen LogP contribution in [0.5, 0.6) is 0 Å². The van der Waals surface area contributed by atoms with Gasteiger partial charge in [0.05, 0.1) is 12.0 Å². The smallest absolute Gasteiger partial charge is 0.230 e. The second-order valence-corrected chi connectivity index (χ2v) is 7.74. The number of amides is 1. The molecule has 1 aromatic carbocycles. The van der Waals surface area contributed by atoms with Gasteiger partial charge in [0.25, 0.3) is 0 Å². The van der Waals surface area contributed by atoms with Crippen LogP contribution in [0.2, 0.25) is 0 Å². The van der Waals surface area contributed by atoms with Gasteiger partial charge in [0, 0.05) is 30.9 Å². The third-order valence-corrected chi connectivity index (χ3v) is 5.79. The van der Waals surface area contributed by atoms with Crippen molar-refractivity contribution in [2.24, 2.45) is 5.41 Å². The van der Waals surface area contributed by atoms with Crippen molar-refractivity contribution in [2.75, 3.05) is 13.1 Å². The van der Waals surface area contributed by atoms with Crippen molar-refractivity contribution in [3.05, 3.63) is 54.4 Å². The summed E-state index contributed by atoms with van der Waals surface area (Å²) in [5, 5.41) is 4.29. The molecule has 0 bridgehead atoms. The van der Waals surface area contributed by atoms with Crippen molar-refractivity contribution in [1.29, 1.82) is 0 Å². The second-order valence-electron chi connectivity index (χ2n) is 7.74. The standard InChI is InChI=1S/C20H25N3O/c1-19(17-7-3-2-4-8-17)9-5-13-22(15-19)18(24)20(10-11-20)16-23-14-6-12-21-23/h2-4,6-8,12,14H,5,9-11,13,15-16H2,1H3/t19-/m1/s1. The Balaban J connectivity index is 1.51. The van der Waals surface area contributed by atoms with Gasteiger partial charge in [-0.2, -0.15) is 5.10 Å². The van der Waals surface area contributed by atoms with Crippen LogP contribution in [0.3, 0.4) is 0 Å². The molecule has 1 aromatic heterocycles. The van der Waals surface area contributed by atoms with Crippen molar-refractivity contribution < 1.29 is 4.79 Å². The van der Waals surface area contributed by atoms with Gasteiger partial charge in [0.15, 0.2) is 0 Å². The lowest BCUT2D eigenvalue weighted by Crippen LogP contribution is -2.50. The van der Waals surface area contributed by atoms with E-state index in [1.807, 2.05) is 16.9 Å². The normalized spacial score (nSPS) is 25.5. The van der Waals surface area contributed by atoms with E-state index >= 15 is 0 Å². The molecule has 4 rings (SSSR count). The Hall–Kier alpha value is -2.10. The molecule has 2 heterocycles. The molecule has 1 amide bonds. The Kier molecular flexibility index (Phi) is 3.70. The summed E-state index contributed by atoms with van der Waals surface area (Å²) in [4.78, 5) is 15.3. The quantitative estimate of drug-likeness (QED) is 0.866. The molecule has 4 nitrogen and oxygen atoms in total. The molecule has 126 valence electrons. The highest BCUT2D eigenvalue weighted by Crippen LogP contribution is 2.49. The average Bonchev–Trinajstić information content (AvgIpc) is 3.21. The van der Waals surface area contributed by atoms with Crippen LogP contribution < -0.4 is 0 Å². The molecular formula is C20H25N3O. The van der Waals surface area contributed by atoms with E-state index in [0.29, 0.717) is 5.91 Å². The minimum atomic E-state index is -0.207. The predicted molar refractivity (Wildman–Crippen MR) is 93.5 cm³/mol. The van der Waals surface area contributed by atoms with E-state index in [2.05, 4.69) is 47.3 Å². The molecule has 2 aromatic rings. The van der Waals surface area contributed by atoms with Gasteiger partial charge in [0.1, 0.15) is 0 Å². The van der Waals surface area contributed by atoms with E-state index < -0.39 is 0 Å². The van der Waals surface area contributed by atoms with Gasteiger partial charge >= 0.3 is 0 Å². The predicted octanol–water partition coefficient (Wildman–Crippen LogP) is 3.24. The summed E-state index contributed by atoms with van der Waals surface area (Å²) < 4.78 is 1.91. The van der Waals surface area contributed by atoms with Gasteiger partial charge in [0.2, 0.25) is 5.91 Å². The van der Waals surface area contributed by atoms with Crippen molar-refractivity contribution >= 4 is 5.91 Å². The third kappa shape index (κ3) is 2.74. The van der Waals surface area contributed by atoms with Gasteiger partial charge < -0.3 is 4.90 Å². The van der Waals surface area contributed by atoms with Gasteiger partial charge in [-0.1, -0.05) is 37.3 Å². The van der Waals surface area contributed by atoms with Crippen LogP contribution in [-0.4, -0.2) is 33.7 Å². The number of aromatic nitrogens is 2. The number of carbonyl (C=O) groups is 1. The average molecular weight is 323 g/mol. The minimum Gasteiger partial charge on any atom is -0.341 e. The first-order valence-electron chi connectivity index (χ1n) is 8.94. The van der Waals surface area contributed by atoms with Crippen molar-refractivity contribution in [1.82, 2.24) is 14.7 Å². The van der Waals surface area contributed by atoms with Crippen LogP contribution in [0, 0.1) is 5.41 Å². The maximum Gasteiger partial charge on any atom is 0.230 e. The van der Waals surface area contributed by atoms with Crippen LogP contribution in [0.4, 0.5) is 0 Å². The molecule has 0 N–H and O–H groups in total. The van der Waals surface area contributed by atoms with E-state index in [1.165, 1.54) is 5.56 Å². The molecule has 0 spiro atoms. The fourth-order valence-corrected chi connectivity index (χ4v) is 4.12. The van der Waals surface area contributed by atoms with Crippen molar-refractivity contribution in [2.45, 2.75) is 44.6 Å². The summed E-state index contributed by atoms with van der Waals surface area (Å²) in [6.07, 6.45) is 7.95. The molecular weight excluding hydrogens is 298 g/mol. The Labute approximate surface area is 143 Å². The Morgan fingerprint density at radius 1 is 1.17 bits per heavy atom. The molecule has 1 saturated carbocycles. The molecule has 2 fully saturated rings.